The molecule has 12 heteroatoms. The molecule has 3 saturated heterocycles. The van der Waals surface area contributed by atoms with Crippen LogP contribution in [-0.2, 0) is 11.3 Å². The highest BCUT2D eigenvalue weighted by Gasteiger charge is 2.42. The summed E-state index contributed by atoms with van der Waals surface area (Å²) in [6, 6.07) is 1.54. The predicted octanol–water partition coefficient (Wildman–Crippen LogP) is 2.00. The molecule has 0 spiro atoms. The normalized spacial score (nSPS) is 27.8. The molecule has 0 bridgehead atoms. The number of alkyl halides is 3. The third-order valence-corrected chi connectivity index (χ3v) is 8.54. The molecule has 3 atom stereocenters. The van der Waals surface area contributed by atoms with Crippen LogP contribution in [0.4, 0.5) is 18.9 Å². The number of aromatic nitrogens is 1. The maximum atomic E-state index is 13.9. The van der Waals surface area contributed by atoms with Crippen LogP contribution in [0, 0.1) is 5.82 Å². The molecule has 184 valence electrons. The highest BCUT2D eigenvalue weighted by molar-refractivity contribution is 8.02. The fourth-order valence-electron chi connectivity index (χ4n) is 4.89. The van der Waals surface area contributed by atoms with E-state index in [4.69, 9.17) is 11.6 Å². The number of halogens is 4. The molecule has 0 aromatic carbocycles. The first-order chi connectivity index (χ1) is 15.8. The zero-order chi connectivity index (χ0) is 23.5. The number of carbonyl (C=O) groups is 1. The van der Waals surface area contributed by atoms with Crippen molar-refractivity contribution >= 4 is 35.0 Å². The summed E-state index contributed by atoms with van der Waals surface area (Å²) in [6.45, 7) is 4.96. The highest BCUT2D eigenvalue weighted by Crippen LogP contribution is 2.40. The smallest absolute Gasteiger partial charge is 0.286 e. The Bertz CT molecular complexity index is 893. The van der Waals surface area contributed by atoms with Gasteiger partial charge < -0.3 is 15.2 Å². The maximum absolute atomic E-state index is 13.9. The lowest BCUT2D eigenvalue weighted by atomic mass is 10.0. The molecule has 0 aliphatic carbocycles. The Labute approximate surface area is 200 Å². The first-order valence-corrected chi connectivity index (χ1v) is 12.7. The molecule has 0 radical (unpaired) electrons. The van der Waals surface area contributed by atoms with E-state index in [0.717, 1.165) is 51.5 Å². The average molecular weight is 508 g/mol. The minimum atomic E-state index is -2.81. The quantitative estimate of drug-likeness (QED) is 0.574. The summed E-state index contributed by atoms with van der Waals surface area (Å²) in [6.07, 6.45) is 1.13. The number of hydrogen-bond acceptors (Lipinski definition) is 6. The van der Waals surface area contributed by atoms with Crippen LogP contribution in [0.2, 0.25) is 0 Å². The number of rotatable bonds is 6. The van der Waals surface area contributed by atoms with Crippen LogP contribution in [0.25, 0.3) is 0 Å². The van der Waals surface area contributed by atoms with Crippen LogP contribution < -0.4 is 16.2 Å². The number of thioether (sulfide) groups is 1. The van der Waals surface area contributed by atoms with Crippen molar-refractivity contribution in [2.24, 2.45) is 0 Å². The molecular weight excluding hydrogens is 479 g/mol. The Morgan fingerprint density at radius 3 is 2.55 bits per heavy atom. The van der Waals surface area contributed by atoms with Gasteiger partial charge in [-0.2, -0.15) is 0 Å². The second kappa shape index (κ2) is 11.0. The van der Waals surface area contributed by atoms with Gasteiger partial charge in [-0.05, 0) is 32.4 Å². The minimum absolute atomic E-state index is 0.0245. The van der Waals surface area contributed by atoms with E-state index >= 15 is 0 Å². The van der Waals surface area contributed by atoms with Crippen molar-refractivity contribution in [1.29, 1.82) is 0 Å². The number of piperidine rings is 1. The molecule has 3 fully saturated rings. The Balaban J connectivity index is 1.33. The van der Waals surface area contributed by atoms with Crippen LogP contribution in [-0.4, -0.2) is 88.0 Å². The summed E-state index contributed by atoms with van der Waals surface area (Å²) in [5.41, 5.74) is -1.17. The number of pyridine rings is 1. The Morgan fingerprint density at radius 2 is 1.88 bits per heavy atom. The van der Waals surface area contributed by atoms with Gasteiger partial charge in [-0.3, -0.25) is 19.4 Å². The molecule has 3 aliphatic rings. The summed E-state index contributed by atoms with van der Waals surface area (Å²) >= 11 is 7.95. The zero-order valence-corrected chi connectivity index (χ0v) is 19.8. The number of nitrogens with zero attached hydrogens (tertiary/aromatic N) is 3. The van der Waals surface area contributed by atoms with Gasteiger partial charge in [0.25, 0.3) is 12.0 Å². The minimum Gasteiger partial charge on any atom is -0.324 e. The molecular formula is C21H29ClF3N5O2S. The summed E-state index contributed by atoms with van der Waals surface area (Å²) in [7, 11) is 0. The third kappa shape index (κ3) is 6.05. The lowest BCUT2D eigenvalue weighted by Crippen LogP contribution is -2.55. The van der Waals surface area contributed by atoms with Crippen molar-refractivity contribution in [3.05, 3.63) is 28.4 Å². The molecule has 1 amide bonds. The second-order valence-corrected chi connectivity index (χ2v) is 10.8. The molecule has 2 N–H and O–H groups in total. The number of carbonyl (C=O) groups excluding carboxylic acids is 1. The Morgan fingerprint density at radius 1 is 1.21 bits per heavy atom. The van der Waals surface area contributed by atoms with E-state index in [1.54, 1.807) is 0 Å². The summed E-state index contributed by atoms with van der Waals surface area (Å²) < 4.78 is 39.5. The third-order valence-electron chi connectivity index (χ3n) is 6.63. The molecule has 1 aromatic rings. The molecule has 4 heterocycles. The molecule has 0 saturated carbocycles. The Hall–Kier alpha value is -1.27. The summed E-state index contributed by atoms with van der Waals surface area (Å²) in [5.74, 6) is -1.56. The van der Waals surface area contributed by atoms with Gasteiger partial charge in [0.1, 0.15) is 0 Å². The predicted molar refractivity (Wildman–Crippen MR) is 124 cm³/mol. The van der Waals surface area contributed by atoms with Gasteiger partial charge in [-0.25, -0.2) is 13.2 Å². The van der Waals surface area contributed by atoms with Gasteiger partial charge in [0.15, 0.2) is 5.82 Å². The highest BCUT2D eigenvalue weighted by atomic mass is 35.5. The standard InChI is InChI=1S/C21H29ClF3N5O2S/c22-19-16(29-7-5-28(6-8-29)14-1-3-26-4-2-14)10-17(33-19)20(31)27-13-9-15(23)21(32)30(11-13)12-18(24)25/h9,11,14,16-19,26H,1-8,10,12H2,(H,27,31). The molecule has 4 rings (SSSR count). The number of piperazine rings is 1. The van der Waals surface area contributed by atoms with E-state index < -0.39 is 29.6 Å². The van der Waals surface area contributed by atoms with Crippen molar-refractivity contribution in [2.75, 3.05) is 44.6 Å². The lowest BCUT2D eigenvalue weighted by molar-refractivity contribution is -0.115. The van der Waals surface area contributed by atoms with E-state index in [2.05, 4.69) is 20.4 Å². The molecule has 3 unspecified atom stereocenters. The van der Waals surface area contributed by atoms with Gasteiger partial charge in [-0.15, -0.1) is 23.4 Å². The number of hydrogen-bond donors (Lipinski definition) is 2. The van der Waals surface area contributed by atoms with Crippen LogP contribution in [0.1, 0.15) is 19.3 Å². The van der Waals surface area contributed by atoms with E-state index in [-0.39, 0.29) is 22.3 Å². The molecule has 1 aromatic heterocycles. The van der Waals surface area contributed by atoms with Crippen molar-refractivity contribution in [3.8, 4) is 0 Å². The first-order valence-electron chi connectivity index (χ1n) is 11.3. The van der Waals surface area contributed by atoms with E-state index in [1.807, 2.05) is 0 Å². The summed E-state index contributed by atoms with van der Waals surface area (Å²) in [4.78, 5) is 29.4. The second-order valence-electron chi connectivity index (χ2n) is 8.75. The Kier molecular flexibility index (Phi) is 8.27. The lowest BCUT2D eigenvalue weighted by Gasteiger charge is -2.43. The molecule has 33 heavy (non-hydrogen) atoms. The average Bonchev–Trinajstić information content (AvgIpc) is 3.19. The van der Waals surface area contributed by atoms with Crippen LogP contribution in [0.15, 0.2) is 17.1 Å². The van der Waals surface area contributed by atoms with Crippen molar-refractivity contribution < 1.29 is 18.0 Å². The van der Waals surface area contributed by atoms with Crippen molar-refractivity contribution in [1.82, 2.24) is 19.7 Å². The SMILES string of the molecule is O=C(Nc1cc(F)c(=O)n(CC(F)F)c1)C1CC(N2CCN(C3CCNCC3)CC2)C(Cl)S1. The molecule has 7 nitrogen and oxygen atoms in total. The van der Waals surface area contributed by atoms with Gasteiger partial charge in [0.2, 0.25) is 5.91 Å². The number of anilines is 1. The maximum Gasteiger partial charge on any atom is 0.286 e. The van der Waals surface area contributed by atoms with Gasteiger partial charge in [0, 0.05) is 50.5 Å². The molecule has 3 aliphatic heterocycles. The largest absolute Gasteiger partial charge is 0.324 e. The van der Waals surface area contributed by atoms with Crippen molar-refractivity contribution in [2.45, 2.75) is 54.3 Å². The topological polar surface area (TPSA) is 69.6 Å². The van der Waals surface area contributed by atoms with Crippen LogP contribution >= 0.6 is 23.4 Å². The monoisotopic (exact) mass is 507 g/mol. The fraction of sp³-hybridized carbons (Fsp3) is 0.714. The fourth-order valence-corrected chi connectivity index (χ4v) is 6.80. The first kappa shape index (κ1) is 24.8. The number of nitrogens with one attached hydrogen (secondary N) is 2. The van der Waals surface area contributed by atoms with E-state index in [1.165, 1.54) is 24.6 Å². The van der Waals surface area contributed by atoms with Gasteiger partial charge in [-0.1, -0.05) is 0 Å². The summed E-state index contributed by atoms with van der Waals surface area (Å²) in [5, 5.41) is 5.51. The van der Waals surface area contributed by atoms with E-state index in [0.29, 0.717) is 17.0 Å². The zero-order valence-electron chi connectivity index (χ0n) is 18.2. The van der Waals surface area contributed by atoms with Gasteiger partial charge >= 0.3 is 0 Å². The number of amides is 1. The van der Waals surface area contributed by atoms with Crippen LogP contribution in [0.5, 0.6) is 0 Å². The van der Waals surface area contributed by atoms with Crippen molar-refractivity contribution in [3.63, 3.8) is 0 Å². The van der Waals surface area contributed by atoms with Crippen LogP contribution in [0.3, 0.4) is 0 Å². The van der Waals surface area contributed by atoms with Gasteiger partial charge in [0.05, 0.1) is 22.2 Å². The van der Waals surface area contributed by atoms with E-state index in [9.17, 15) is 22.8 Å².